The molecule has 92 valence electrons. The van der Waals surface area contributed by atoms with Crippen LogP contribution in [0.1, 0.15) is 22.6 Å². The third kappa shape index (κ3) is 1.94. The summed E-state index contributed by atoms with van der Waals surface area (Å²) in [5.41, 5.74) is 12.0. The fourth-order valence-corrected chi connectivity index (χ4v) is 2.61. The summed E-state index contributed by atoms with van der Waals surface area (Å²) >= 11 is 0. The SMILES string of the molecule is Cc1ccc(N)cc1NCC1Cc2ccccc21. The van der Waals surface area contributed by atoms with Crippen molar-refractivity contribution in [3.8, 4) is 0 Å². The third-order valence-electron chi connectivity index (χ3n) is 3.76. The molecule has 0 saturated heterocycles. The number of hydrogen-bond acceptors (Lipinski definition) is 2. The van der Waals surface area contributed by atoms with Gasteiger partial charge in [0.2, 0.25) is 0 Å². The molecule has 1 aliphatic rings. The topological polar surface area (TPSA) is 38.0 Å². The van der Waals surface area contributed by atoms with Gasteiger partial charge in [0.05, 0.1) is 0 Å². The van der Waals surface area contributed by atoms with E-state index in [0.29, 0.717) is 5.92 Å². The van der Waals surface area contributed by atoms with Crippen LogP contribution < -0.4 is 11.1 Å². The summed E-state index contributed by atoms with van der Waals surface area (Å²) in [5.74, 6) is 0.641. The molecule has 0 radical (unpaired) electrons. The largest absolute Gasteiger partial charge is 0.399 e. The molecule has 0 saturated carbocycles. The van der Waals surface area contributed by atoms with E-state index < -0.39 is 0 Å². The number of nitrogens with two attached hydrogens (primary N) is 1. The Hall–Kier alpha value is -1.96. The molecule has 1 atom stereocenters. The van der Waals surface area contributed by atoms with Crippen LogP contribution >= 0.6 is 0 Å². The van der Waals surface area contributed by atoms with Gasteiger partial charge < -0.3 is 11.1 Å². The van der Waals surface area contributed by atoms with Crippen molar-refractivity contribution < 1.29 is 0 Å². The molecule has 2 heteroatoms. The smallest absolute Gasteiger partial charge is 0.0390 e. The van der Waals surface area contributed by atoms with Crippen molar-refractivity contribution in [1.29, 1.82) is 0 Å². The van der Waals surface area contributed by atoms with E-state index in [9.17, 15) is 0 Å². The van der Waals surface area contributed by atoms with Gasteiger partial charge in [-0.1, -0.05) is 30.3 Å². The minimum Gasteiger partial charge on any atom is -0.399 e. The zero-order valence-corrected chi connectivity index (χ0v) is 10.6. The maximum Gasteiger partial charge on any atom is 0.0390 e. The van der Waals surface area contributed by atoms with Crippen molar-refractivity contribution in [2.24, 2.45) is 0 Å². The predicted octanol–water partition coefficient (Wildman–Crippen LogP) is 3.33. The molecule has 0 heterocycles. The van der Waals surface area contributed by atoms with Crippen LogP contribution in [-0.2, 0) is 6.42 Å². The zero-order valence-electron chi connectivity index (χ0n) is 10.6. The lowest BCUT2D eigenvalue weighted by atomic mass is 9.77. The molecule has 0 amide bonds. The molecule has 18 heavy (non-hydrogen) atoms. The summed E-state index contributed by atoms with van der Waals surface area (Å²) in [5, 5.41) is 3.52. The Morgan fingerprint density at radius 3 is 2.89 bits per heavy atom. The van der Waals surface area contributed by atoms with E-state index in [4.69, 9.17) is 5.73 Å². The summed E-state index contributed by atoms with van der Waals surface area (Å²) in [7, 11) is 0. The number of nitrogens with one attached hydrogen (secondary N) is 1. The van der Waals surface area contributed by atoms with Crippen LogP contribution in [0.5, 0.6) is 0 Å². The number of nitrogen functional groups attached to an aromatic ring is 1. The first-order valence-electron chi connectivity index (χ1n) is 6.42. The Kier molecular flexibility index (Phi) is 2.71. The van der Waals surface area contributed by atoms with Gasteiger partial charge in [-0.15, -0.1) is 0 Å². The van der Waals surface area contributed by atoms with Gasteiger partial charge in [-0.25, -0.2) is 0 Å². The summed E-state index contributed by atoms with van der Waals surface area (Å²) in [6, 6.07) is 14.7. The van der Waals surface area contributed by atoms with Crippen LogP contribution in [-0.4, -0.2) is 6.54 Å². The zero-order chi connectivity index (χ0) is 12.5. The molecule has 1 aliphatic carbocycles. The lowest BCUT2D eigenvalue weighted by Crippen LogP contribution is -2.24. The van der Waals surface area contributed by atoms with Gasteiger partial charge in [-0.3, -0.25) is 0 Å². The second-order valence-electron chi connectivity index (χ2n) is 5.06. The summed E-state index contributed by atoms with van der Waals surface area (Å²) in [4.78, 5) is 0. The van der Waals surface area contributed by atoms with E-state index in [1.807, 2.05) is 12.1 Å². The first-order valence-corrected chi connectivity index (χ1v) is 6.42. The van der Waals surface area contributed by atoms with E-state index in [1.54, 1.807) is 0 Å². The van der Waals surface area contributed by atoms with Gasteiger partial charge in [0.25, 0.3) is 0 Å². The molecule has 2 aromatic rings. The normalized spacial score (nSPS) is 16.8. The fourth-order valence-electron chi connectivity index (χ4n) is 2.61. The number of anilines is 2. The lowest BCUT2D eigenvalue weighted by Gasteiger charge is -2.30. The number of hydrogen-bond donors (Lipinski definition) is 2. The van der Waals surface area contributed by atoms with Gasteiger partial charge in [-0.05, 0) is 42.2 Å². The minimum atomic E-state index is 0.641. The number of aryl methyl sites for hydroxylation is 1. The van der Waals surface area contributed by atoms with Crippen LogP contribution in [0.4, 0.5) is 11.4 Å². The predicted molar refractivity (Wildman–Crippen MR) is 77.0 cm³/mol. The maximum absolute atomic E-state index is 5.82. The third-order valence-corrected chi connectivity index (χ3v) is 3.76. The molecule has 0 bridgehead atoms. The highest BCUT2D eigenvalue weighted by molar-refractivity contribution is 5.59. The van der Waals surface area contributed by atoms with E-state index in [1.165, 1.54) is 23.1 Å². The summed E-state index contributed by atoms with van der Waals surface area (Å²) in [6.07, 6.45) is 1.19. The van der Waals surface area contributed by atoms with Crippen molar-refractivity contribution in [2.75, 3.05) is 17.6 Å². The molecule has 0 spiro atoms. The Bertz CT molecular complexity index is 575. The maximum atomic E-state index is 5.82. The molecule has 0 aromatic heterocycles. The molecular formula is C16H18N2. The molecule has 3 N–H and O–H groups in total. The van der Waals surface area contributed by atoms with E-state index in [0.717, 1.165) is 17.9 Å². The molecule has 0 aliphatic heterocycles. The summed E-state index contributed by atoms with van der Waals surface area (Å²) in [6.45, 7) is 3.10. The van der Waals surface area contributed by atoms with Crippen molar-refractivity contribution in [2.45, 2.75) is 19.3 Å². The standard InChI is InChI=1S/C16H18N2/c1-11-6-7-14(17)9-16(11)18-10-13-8-12-4-2-3-5-15(12)13/h2-7,9,13,18H,8,10,17H2,1H3. The number of fused-ring (bicyclic) bond motifs is 1. The number of benzene rings is 2. The average Bonchev–Trinajstić information content (AvgIpc) is 2.34. The van der Waals surface area contributed by atoms with Crippen LogP contribution in [0.3, 0.4) is 0 Å². The fraction of sp³-hybridized carbons (Fsp3) is 0.250. The van der Waals surface area contributed by atoms with Gasteiger partial charge >= 0.3 is 0 Å². The van der Waals surface area contributed by atoms with Crippen LogP contribution in [0.15, 0.2) is 42.5 Å². The van der Waals surface area contributed by atoms with Crippen LogP contribution in [0.2, 0.25) is 0 Å². The monoisotopic (exact) mass is 238 g/mol. The Morgan fingerprint density at radius 1 is 1.22 bits per heavy atom. The van der Waals surface area contributed by atoms with E-state index >= 15 is 0 Å². The Morgan fingerprint density at radius 2 is 2.06 bits per heavy atom. The van der Waals surface area contributed by atoms with Gasteiger partial charge in [-0.2, -0.15) is 0 Å². The first kappa shape index (κ1) is 11.1. The highest BCUT2D eigenvalue weighted by Crippen LogP contribution is 2.35. The Balaban J connectivity index is 1.68. The summed E-state index contributed by atoms with van der Waals surface area (Å²) < 4.78 is 0. The molecule has 0 fully saturated rings. The molecule has 3 rings (SSSR count). The van der Waals surface area contributed by atoms with Crippen LogP contribution in [0.25, 0.3) is 0 Å². The van der Waals surface area contributed by atoms with Gasteiger partial charge in [0.1, 0.15) is 0 Å². The van der Waals surface area contributed by atoms with Crippen molar-refractivity contribution in [3.05, 3.63) is 59.2 Å². The molecular weight excluding hydrogens is 220 g/mol. The van der Waals surface area contributed by atoms with E-state index in [2.05, 4.69) is 42.6 Å². The quantitative estimate of drug-likeness (QED) is 0.805. The highest BCUT2D eigenvalue weighted by atomic mass is 14.9. The number of rotatable bonds is 3. The highest BCUT2D eigenvalue weighted by Gasteiger charge is 2.24. The lowest BCUT2D eigenvalue weighted by molar-refractivity contribution is 0.635. The molecule has 2 aromatic carbocycles. The van der Waals surface area contributed by atoms with Crippen molar-refractivity contribution >= 4 is 11.4 Å². The van der Waals surface area contributed by atoms with Gasteiger partial charge in [0.15, 0.2) is 0 Å². The van der Waals surface area contributed by atoms with E-state index in [-0.39, 0.29) is 0 Å². The second-order valence-corrected chi connectivity index (χ2v) is 5.06. The minimum absolute atomic E-state index is 0.641. The van der Waals surface area contributed by atoms with Crippen molar-refractivity contribution in [1.82, 2.24) is 0 Å². The second kappa shape index (κ2) is 4.37. The van der Waals surface area contributed by atoms with Crippen LogP contribution in [0, 0.1) is 6.92 Å². The molecule has 2 nitrogen and oxygen atoms in total. The Labute approximate surface area is 108 Å². The average molecular weight is 238 g/mol. The first-order chi connectivity index (χ1) is 8.74. The molecule has 1 unspecified atom stereocenters. The van der Waals surface area contributed by atoms with Gasteiger partial charge in [0, 0.05) is 23.8 Å². The van der Waals surface area contributed by atoms with Crippen molar-refractivity contribution in [3.63, 3.8) is 0 Å².